The molecule has 0 amide bonds. The van der Waals surface area contributed by atoms with E-state index in [0.29, 0.717) is 0 Å². The van der Waals surface area contributed by atoms with Crippen molar-refractivity contribution in [1.29, 1.82) is 0 Å². The van der Waals surface area contributed by atoms with Crippen LogP contribution in [0.2, 0.25) is 0 Å². The molecule has 20 heavy (non-hydrogen) atoms. The topological polar surface area (TPSA) is 29.9 Å². The molecule has 2 rings (SSSR count). The number of nitrogens with one attached hydrogen (secondary N) is 1. The van der Waals surface area contributed by atoms with Gasteiger partial charge in [0.15, 0.2) is 0 Å². The third kappa shape index (κ3) is 3.70. The maximum absolute atomic E-state index is 4.56. The number of hydrogen-bond acceptors (Lipinski definition) is 2. The first-order chi connectivity index (χ1) is 9.76. The molecule has 108 valence electrons. The van der Waals surface area contributed by atoms with E-state index >= 15 is 0 Å². The summed E-state index contributed by atoms with van der Waals surface area (Å²) in [6, 6.07) is 8.32. The Hall–Kier alpha value is -1.13. The second kappa shape index (κ2) is 7.60. The van der Waals surface area contributed by atoms with Gasteiger partial charge in [0.05, 0.1) is 12.7 Å². The fourth-order valence-electron chi connectivity index (χ4n) is 2.33. The van der Waals surface area contributed by atoms with Crippen LogP contribution >= 0.6 is 15.9 Å². The molecule has 0 saturated carbocycles. The molecule has 0 aliphatic carbocycles. The molecule has 0 radical (unpaired) electrons. The number of halogens is 1. The summed E-state index contributed by atoms with van der Waals surface area (Å²) < 4.78 is 3.26. The maximum atomic E-state index is 4.56. The molecule has 0 unspecified atom stereocenters. The van der Waals surface area contributed by atoms with Crippen molar-refractivity contribution in [2.24, 2.45) is 0 Å². The summed E-state index contributed by atoms with van der Waals surface area (Å²) in [6.07, 6.45) is 4.17. The smallest absolute Gasteiger partial charge is 0.0673 e. The zero-order valence-electron chi connectivity index (χ0n) is 12.2. The minimum absolute atomic E-state index is 0.818. The van der Waals surface area contributed by atoms with Gasteiger partial charge < -0.3 is 5.32 Å². The molecule has 1 N–H and O–H groups in total. The molecule has 4 heteroatoms. The Kier molecular flexibility index (Phi) is 5.80. The fourth-order valence-corrected chi connectivity index (χ4v) is 2.74. The summed E-state index contributed by atoms with van der Waals surface area (Å²) in [5, 5.41) is 8.01. The van der Waals surface area contributed by atoms with E-state index in [0.717, 1.165) is 36.9 Å². The molecule has 2 aromatic rings. The highest BCUT2D eigenvalue weighted by atomic mass is 79.9. The van der Waals surface area contributed by atoms with Gasteiger partial charge in [-0.2, -0.15) is 5.10 Å². The number of benzene rings is 1. The van der Waals surface area contributed by atoms with Crippen LogP contribution in [0.15, 0.2) is 34.9 Å². The van der Waals surface area contributed by atoms with Gasteiger partial charge in [-0.25, -0.2) is 0 Å². The van der Waals surface area contributed by atoms with Gasteiger partial charge in [0, 0.05) is 22.3 Å². The van der Waals surface area contributed by atoms with Crippen LogP contribution in [0.5, 0.6) is 0 Å². The zero-order chi connectivity index (χ0) is 14.4. The second-order valence-corrected chi connectivity index (χ2v) is 5.75. The van der Waals surface area contributed by atoms with Gasteiger partial charge in [0.2, 0.25) is 0 Å². The molecular weight excluding hydrogens is 314 g/mol. The Balaban J connectivity index is 2.14. The van der Waals surface area contributed by atoms with E-state index in [9.17, 15) is 0 Å². The van der Waals surface area contributed by atoms with E-state index in [4.69, 9.17) is 0 Å². The third-order valence-electron chi connectivity index (χ3n) is 3.39. The number of hydrogen-bond donors (Lipinski definition) is 1. The molecular formula is C16H22BrN3. The zero-order valence-corrected chi connectivity index (χ0v) is 13.8. The Morgan fingerprint density at radius 3 is 2.70 bits per heavy atom. The highest BCUT2D eigenvalue weighted by Crippen LogP contribution is 2.19. The molecule has 0 saturated heterocycles. The predicted octanol–water partition coefficient (Wildman–Crippen LogP) is 3.76. The lowest BCUT2D eigenvalue weighted by atomic mass is 10.2. The molecule has 0 bridgehead atoms. The lowest BCUT2D eigenvalue weighted by Gasteiger charge is -2.10. The molecule has 0 fully saturated rings. The van der Waals surface area contributed by atoms with Crippen LogP contribution in [0.4, 0.5) is 0 Å². The lowest BCUT2D eigenvalue weighted by molar-refractivity contribution is 0.636. The summed E-state index contributed by atoms with van der Waals surface area (Å²) in [4.78, 5) is 0. The maximum Gasteiger partial charge on any atom is 0.0673 e. The van der Waals surface area contributed by atoms with Crippen molar-refractivity contribution in [3.8, 4) is 0 Å². The summed E-state index contributed by atoms with van der Waals surface area (Å²) in [5.74, 6) is 0. The van der Waals surface area contributed by atoms with Crippen molar-refractivity contribution < 1.29 is 0 Å². The van der Waals surface area contributed by atoms with Gasteiger partial charge in [-0.15, -0.1) is 0 Å². The molecule has 3 nitrogen and oxygen atoms in total. The van der Waals surface area contributed by atoms with E-state index < -0.39 is 0 Å². The van der Waals surface area contributed by atoms with Gasteiger partial charge in [0.1, 0.15) is 0 Å². The lowest BCUT2D eigenvalue weighted by Crippen LogP contribution is -2.15. The van der Waals surface area contributed by atoms with E-state index in [1.54, 1.807) is 0 Å². The standard InChI is InChI=1S/C16H22BrN3/c1-3-9-18-10-14-11-19-20(16(14)4-2)12-13-7-5-6-8-15(13)17/h5-8,11,18H,3-4,9-10,12H2,1-2H3. The molecule has 1 aromatic carbocycles. The number of aromatic nitrogens is 2. The summed E-state index contributed by atoms with van der Waals surface area (Å²) >= 11 is 3.60. The van der Waals surface area contributed by atoms with Crippen LogP contribution in [-0.4, -0.2) is 16.3 Å². The molecule has 1 heterocycles. The van der Waals surface area contributed by atoms with Crippen LogP contribution in [0.25, 0.3) is 0 Å². The van der Waals surface area contributed by atoms with Gasteiger partial charge in [-0.3, -0.25) is 4.68 Å². The highest BCUT2D eigenvalue weighted by Gasteiger charge is 2.10. The highest BCUT2D eigenvalue weighted by molar-refractivity contribution is 9.10. The Labute approximate surface area is 129 Å². The van der Waals surface area contributed by atoms with Crippen LogP contribution < -0.4 is 5.32 Å². The summed E-state index contributed by atoms with van der Waals surface area (Å²) in [5.41, 5.74) is 3.90. The normalized spacial score (nSPS) is 10.9. The van der Waals surface area contributed by atoms with E-state index in [-0.39, 0.29) is 0 Å². The van der Waals surface area contributed by atoms with E-state index in [2.05, 4.69) is 63.1 Å². The number of rotatable bonds is 7. The first-order valence-corrected chi connectivity index (χ1v) is 8.03. The molecule has 1 aromatic heterocycles. The quantitative estimate of drug-likeness (QED) is 0.781. The van der Waals surface area contributed by atoms with Crippen LogP contribution in [0.3, 0.4) is 0 Å². The fraction of sp³-hybridized carbons (Fsp3) is 0.438. The van der Waals surface area contributed by atoms with Crippen LogP contribution in [0, 0.1) is 0 Å². The van der Waals surface area contributed by atoms with Crippen molar-refractivity contribution >= 4 is 15.9 Å². The largest absolute Gasteiger partial charge is 0.313 e. The first-order valence-electron chi connectivity index (χ1n) is 7.24. The van der Waals surface area contributed by atoms with E-state index in [1.807, 2.05) is 12.3 Å². The summed E-state index contributed by atoms with van der Waals surface area (Å²) in [7, 11) is 0. The molecule has 0 atom stereocenters. The van der Waals surface area contributed by atoms with Gasteiger partial charge in [0.25, 0.3) is 0 Å². The predicted molar refractivity (Wildman–Crippen MR) is 86.8 cm³/mol. The van der Waals surface area contributed by atoms with Gasteiger partial charge in [-0.05, 0) is 31.0 Å². The van der Waals surface area contributed by atoms with Crippen molar-refractivity contribution in [3.63, 3.8) is 0 Å². The van der Waals surface area contributed by atoms with E-state index in [1.165, 1.54) is 16.8 Å². The molecule has 0 aliphatic rings. The van der Waals surface area contributed by atoms with Crippen molar-refractivity contribution in [3.05, 3.63) is 51.8 Å². The van der Waals surface area contributed by atoms with Crippen LogP contribution in [0.1, 0.15) is 37.1 Å². The second-order valence-electron chi connectivity index (χ2n) is 4.90. The van der Waals surface area contributed by atoms with Gasteiger partial charge >= 0.3 is 0 Å². The molecule has 0 spiro atoms. The van der Waals surface area contributed by atoms with Crippen molar-refractivity contribution in [1.82, 2.24) is 15.1 Å². The SMILES string of the molecule is CCCNCc1cnn(Cc2ccccc2Br)c1CC. The Morgan fingerprint density at radius 2 is 2.00 bits per heavy atom. The number of nitrogens with zero attached hydrogens (tertiary/aromatic N) is 2. The van der Waals surface area contributed by atoms with Gasteiger partial charge in [-0.1, -0.05) is 48.0 Å². The average molecular weight is 336 g/mol. The minimum atomic E-state index is 0.818. The first kappa shape index (κ1) is 15.3. The van der Waals surface area contributed by atoms with Crippen LogP contribution in [-0.2, 0) is 19.5 Å². The third-order valence-corrected chi connectivity index (χ3v) is 4.16. The Morgan fingerprint density at radius 1 is 1.20 bits per heavy atom. The monoisotopic (exact) mass is 335 g/mol. The minimum Gasteiger partial charge on any atom is -0.313 e. The van der Waals surface area contributed by atoms with Crippen molar-refractivity contribution in [2.45, 2.75) is 39.8 Å². The Bertz CT molecular complexity index is 548. The average Bonchev–Trinajstić information content (AvgIpc) is 2.84. The summed E-state index contributed by atoms with van der Waals surface area (Å²) in [6.45, 7) is 7.16. The van der Waals surface area contributed by atoms with Crippen molar-refractivity contribution in [2.75, 3.05) is 6.54 Å². The molecule has 0 aliphatic heterocycles.